The van der Waals surface area contributed by atoms with E-state index in [2.05, 4.69) is 16.8 Å². The van der Waals surface area contributed by atoms with E-state index in [-0.39, 0.29) is 5.24 Å². The molecule has 1 aliphatic heterocycles. The van der Waals surface area contributed by atoms with E-state index < -0.39 is 0 Å². The number of carbonyl (C=O) groups excluding carboxylic acids is 1. The highest BCUT2D eigenvalue weighted by atomic mass is 35.5. The minimum absolute atomic E-state index is 0.380. The lowest BCUT2D eigenvalue weighted by molar-refractivity contribution is 0.108. The lowest BCUT2D eigenvalue weighted by Crippen LogP contribution is -2.44. The Kier molecular flexibility index (Phi) is 3.46. The molecule has 1 fully saturated rings. The van der Waals surface area contributed by atoms with Gasteiger partial charge in [0.15, 0.2) is 0 Å². The van der Waals surface area contributed by atoms with E-state index in [1.165, 1.54) is 0 Å². The second kappa shape index (κ2) is 4.85. The van der Waals surface area contributed by atoms with E-state index in [0.29, 0.717) is 5.56 Å². The number of nitrogens with zero attached hydrogens (tertiary/aromatic N) is 2. The van der Waals surface area contributed by atoms with Gasteiger partial charge in [-0.15, -0.1) is 0 Å². The third-order valence-electron chi connectivity index (χ3n) is 2.96. The van der Waals surface area contributed by atoms with Crippen LogP contribution in [0.5, 0.6) is 0 Å². The van der Waals surface area contributed by atoms with E-state index in [1.807, 2.05) is 18.2 Å². The summed E-state index contributed by atoms with van der Waals surface area (Å²) in [5.41, 5.74) is 1.56. The van der Waals surface area contributed by atoms with E-state index >= 15 is 0 Å². The largest absolute Gasteiger partial charge is 0.368 e. The topological polar surface area (TPSA) is 23.6 Å². The second-order valence-electron chi connectivity index (χ2n) is 4.08. The Balaban J connectivity index is 2.23. The Bertz CT molecular complexity index is 386. The summed E-state index contributed by atoms with van der Waals surface area (Å²) in [6.07, 6.45) is 0. The zero-order valence-corrected chi connectivity index (χ0v) is 10.1. The third-order valence-corrected chi connectivity index (χ3v) is 3.16. The van der Waals surface area contributed by atoms with Crippen LogP contribution in [-0.4, -0.2) is 43.4 Å². The summed E-state index contributed by atoms with van der Waals surface area (Å²) in [7, 11) is 2.11. The van der Waals surface area contributed by atoms with Gasteiger partial charge in [0.25, 0.3) is 5.24 Å². The van der Waals surface area contributed by atoms with Gasteiger partial charge >= 0.3 is 0 Å². The van der Waals surface area contributed by atoms with Crippen LogP contribution in [0.15, 0.2) is 24.3 Å². The third kappa shape index (κ3) is 2.36. The molecule has 4 heteroatoms. The molecule has 3 nitrogen and oxygen atoms in total. The molecule has 1 aromatic carbocycles. The monoisotopic (exact) mass is 238 g/mol. The molecule has 1 aromatic rings. The van der Waals surface area contributed by atoms with E-state index in [0.717, 1.165) is 31.9 Å². The number of piperazine rings is 1. The summed E-state index contributed by atoms with van der Waals surface area (Å²) >= 11 is 5.58. The molecule has 1 saturated heterocycles. The molecule has 0 saturated carbocycles. The molecular formula is C12H15ClN2O. The fraction of sp³-hybridized carbons (Fsp3) is 0.417. The van der Waals surface area contributed by atoms with Crippen molar-refractivity contribution in [3.05, 3.63) is 29.8 Å². The lowest BCUT2D eigenvalue weighted by Gasteiger charge is -2.34. The summed E-state index contributed by atoms with van der Waals surface area (Å²) in [5.74, 6) is 0. The second-order valence-corrected chi connectivity index (χ2v) is 4.42. The standard InChI is InChI=1S/C12H15ClN2O/c1-14-6-8-15(9-7-14)11-5-3-2-4-10(11)12(13)16/h2-5H,6-9H2,1H3. The van der Waals surface area contributed by atoms with Gasteiger partial charge < -0.3 is 9.80 Å². The first-order chi connectivity index (χ1) is 7.68. The molecule has 0 bridgehead atoms. The molecule has 0 aromatic heterocycles. The van der Waals surface area contributed by atoms with Crippen LogP contribution in [0, 0.1) is 0 Å². The number of rotatable bonds is 2. The number of hydrogen-bond acceptors (Lipinski definition) is 3. The van der Waals surface area contributed by atoms with Crippen molar-refractivity contribution in [2.24, 2.45) is 0 Å². The minimum Gasteiger partial charge on any atom is -0.368 e. The van der Waals surface area contributed by atoms with Crippen LogP contribution in [0.2, 0.25) is 0 Å². The van der Waals surface area contributed by atoms with E-state index in [1.54, 1.807) is 6.07 Å². The van der Waals surface area contributed by atoms with Crippen LogP contribution in [-0.2, 0) is 0 Å². The summed E-state index contributed by atoms with van der Waals surface area (Å²) in [4.78, 5) is 15.8. The Morgan fingerprint density at radius 1 is 1.19 bits per heavy atom. The maximum absolute atomic E-state index is 11.3. The summed E-state index contributed by atoms with van der Waals surface area (Å²) < 4.78 is 0. The van der Waals surface area contributed by atoms with Crippen LogP contribution < -0.4 is 4.90 Å². The number of carbonyl (C=O) groups is 1. The first-order valence-corrected chi connectivity index (χ1v) is 5.78. The fourth-order valence-corrected chi connectivity index (χ4v) is 2.12. The Hall–Kier alpha value is -1.06. The molecule has 0 unspecified atom stereocenters. The van der Waals surface area contributed by atoms with Crippen LogP contribution >= 0.6 is 11.6 Å². The van der Waals surface area contributed by atoms with Crippen LogP contribution in [0.1, 0.15) is 10.4 Å². The average Bonchev–Trinajstić information content (AvgIpc) is 2.30. The molecule has 16 heavy (non-hydrogen) atoms. The molecule has 0 radical (unpaired) electrons. The summed E-state index contributed by atoms with van der Waals surface area (Å²) in [5, 5.41) is -0.380. The Morgan fingerprint density at radius 2 is 1.81 bits per heavy atom. The molecule has 0 amide bonds. The highest BCUT2D eigenvalue weighted by molar-refractivity contribution is 6.68. The average molecular weight is 239 g/mol. The zero-order valence-electron chi connectivity index (χ0n) is 9.32. The first kappa shape index (κ1) is 11.4. The van der Waals surface area contributed by atoms with Gasteiger partial charge in [0, 0.05) is 31.9 Å². The number of para-hydroxylation sites is 1. The van der Waals surface area contributed by atoms with Crippen molar-refractivity contribution in [3.8, 4) is 0 Å². The van der Waals surface area contributed by atoms with Gasteiger partial charge in [-0.1, -0.05) is 12.1 Å². The van der Waals surface area contributed by atoms with Gasteiger partial charge in [-0.2, -0.15) is 0 Å². The molecular weight excluding hydrogens is 224 g/mol. The van der Waals surface area contributed by atoms with Crippen molar-refractivity contribution in [2.45, 2.75) is 0 Å². The number of halogens is 1. The quantitative estimate of drug-likeness (QED) is 0.735. The SMILES string of the molecule is CN1CCN(c2ccccc2C(=O)Cl)CC1. The minimum atomic E-state index is -0.380. The van der Waals surface area contributed by atoms with Crippen molar-refractivity contribution in [1.82, 2.24) is 4.90 Å². The van der Waals surface area contributed by atoms with Gasteiger partial charge in [0.1, 0.15) is 0 Å². The van der Waals surface area contributed by atoms with Gasteiger partial charge in [-0.05, 0) is 30.8 Å². The highest BCUT2D eigenvalue weighted by Crippen LogP contribution is 2.22. The van der Waals surface area contributed by atoms with Crippen LogP contribution in [0.25, 0.3) is 0 Å². The number of likely N-dealkylation sites (N-methyl/N-ethyl adjacent to an activating group) is 1. The van der Waals surface area contributed by atoms with Crippen molar-refractivity contribution in [3.63, 3.8) is 0 Å². The van der Waals surface area contributed by atoms with Crippen LogP contribution in [0.4, 0.5) is 5.69 Å². The Labute approximate surface area is 101 Å². The molecule has 2 rings (SSSR count). The smallest absolute Gasteiger partial charge is 0.254 e. The number of benzene rings is 1. The van der Waals surface area contributed by atoms with E-state index in [9.17, 15) is 4.79 Å². The molecule has 0 atom stereocenters. The maximum Gasteiger partial charge on any atom is 0.254 e. The van der Waals surface area contributed by atoms with Gasteiger partial charge in [-0.25, -0.2) is 0 Å². The van der Waals surface area contributed by atoms with Gasteiger partial charge in [-0.3, -0.25) is 4.79 Å². The van der Waals surface area contributed by atoms with Crippen LogP contribution in [0.3, 0.4) is 0 Å². The molecule has 0 spiro atoms. The Morgan fingerprint density at radius 3 is 2.44 bits per heavy atom. The normalized spacial score (nSPS) is 17.5. The predicted octanol–water partition coefficient (Wildman–Crippen LogP) is 1.82. The predicted molar refractivity (Wildman–Crippen MR) is 66.3 cm³/mol. The number of anilines is 1. The molecule has 0 aliphatic carbocycles. The molecule has 0 N–H and O–H groups in total. The van der Waals surface area contributed by atoms with Gasteiger partial charge in [0.2, 0.25) is 0 Å². The van der Waals surface area contributed by atoms with Crippen molar-refractivity contribution in [1.29, 1.82) is 0 Å². The molecule has 1 heterocycles. The molecule has 1 aliphatic rings. The fourth-order valence-electron chi connectivity index (χ4n) is 1.96. The number of hydrogen-bond donors (Lipinski definition) is 0. The summed E-state index contributed by atoms with van der Waals surface area (Å²) in [6, 6.07) is 7.52. The highest BCUT2D eigenvalue weighted by Gasteiger charge is 2.18. The van der Waals surface area contributed by atoms with Crippen molar-refractivity contribution >= 4 is 22.5 Å². The first-order valence-electron chi connectivity index (χ1n) is 5.41. The van der Waals surface area contributed by atoms with E-state index in [4.69, 9.17) is 11.6 Å². The van der Waals surface area contributed by atoms with Crippen molar-refractivity contribution < 1.29 is 4.79 Å². The van der Waals surface area contributed by atoms with Crippen molar-refractivity contribution in [2.75, 3.05) is 38.1 Å². The summed E-state index contributed by atoms with van der Waals surface area (Å²) in [6.45, 7) is 3.92. The van der Waals surface area contributed by atoms with Gasteiger partial charge in [0.05, 0.1) is 5.56 Å². The lowest BCUT2D eigenvalue weighted by atomic mass is 10.1. The molecule has 86 valence electrons. The maximum atomic E-state index is 11.3. The zero-order chi connectivity index (χ0) is 11.5.